The summed E-state index contributed by atoms with van der Waals surface area (Å²) < 4.78 is 37.7. The van der Waals surface area contributed by atoms with Crippen molar-refractivity contribution >= 4 is 12.0 Å². The van der Waals surface area contributed by atoms with Crippen molar-refractivity contribution in [3.8, 4) is 0 Å². The molecular weight excluding hydrogens is 289 g/mol. The first-order valence-corrected chi connectivity index (χ1v) is 6.89. The van der Waals surface area contributed by atoms with Crippen LogP contribution in [0.2, 0.25) is 0 Å². The lowest BCUT2D eigenvalue weighted by Crippen LogP contribution is -2.55. The highest BCUT2D eigenvalue weighted by Crippen LogP contribution is 2.26. The standard InChI is InChI=1S/C13H21F3N2O3/c1-8(2)18(7-13(14,15)16)12(21)17-5-4-10(11(19)20)6-9(17)3/h8-10H,4-7H2,1-3H3,(H,19,20). The van der Waals surface area contributed by atoms with Crippen LogP contribution in [0.25, 0.3) is 0 Å². The van der Waals surface area contributed by atoms with Crippen LogP contribution >= 0.6 is 0 Å². The van der Waals surface area contributed by atoms with Crippen molar-refractivity contribution in [2.45, 2.75) is 51.9 Å². The molecule has 1 heterocycles. The molecule has 1 rings (SSSR count). The van der Waals surface area contributed by atoms with Crippen molar-refractivity contribution < 1.29 is 27.9 Å². The van der Waals surface area contributed by atoms with Crippen LogP contribution < -0.4 is 0 Å². The number of carboxylic acid groups (broad SMARTS) is 1. The number of amides is 2. The summed E-state index contributed by atoms with van der Waals surface area (Å²) in [5.41, 5.74) is 0. The molecule has 0 spiro atoms. The molecule has 21 heavy (non-hydrogen) atoms. The maximum atomic E-state index is 12.6. The Morgan fingerprint density at radius 3 is 2.33 bits per heavy atom. The summed E-state index contributed by atoms with van der Waals surface area (Å²) in [5, 5.41) is 8.97. The Bertz CT molecular complexity index is 399. The van der Waals surface area contributed by atoms with Crippen molar-refractivity contribution in [3.63, 3.8) is 0 Å². The van der Waals surface area contributed by atoms with Crippen LogP contribution in [0, 0.1) is 5.92 Å². The predicted molar refractivity (Wildman–Crippen MR) is 69.8 cm³/mol. The molecular formula is C13H21F3N2O3. The molecule has 0 aromatic heterocycles. The second kappa shape index (κ2) is 6.53. The van der Waals surface area contributed by atoms with Gasteiger partial charge in [-0.05, 0) is 33.6 Å². The van der Waals surface area contributed by atoms with Crippen LogP contribution in [0.1, 0.15) is 33.6 Å². The fraction of sp³-hybridized carbons (Fsp3) is 0.846. The summed E-state index contributed by atoms with van der Waals surface area (Å²) in [6, 6.07) is -1.65. The SMILES string of the molecule is CC(C)N(CC(F)(F)F)C(=O)N1CCC(C(=O)O)CC1C. The van der Waals surface area contributed by atoms with Gasteiger partial charge in [0.25, 0.3) is 0 Å². The highest BCUT2D eigenvalue weighted by molar-refractivity contribution is 5.76. The molecule has 1 aliphatic heterocycles. The number of halogens is 3. The normalized spacial score (nSPS) is 23.3. The molecule has 2 amide bonds. The molecule has 0 saturated carbocycles. The Hall–Kier alpha value is -1.47. The number of likely N-dealkylation sites (tertiary alicyclic amines) is 1. The van der Waals surface area contributed by atoms with Crippen LogP contribution in [0.5, 0.6) is 0 Å². The Balaban J connectivity index is 2.78. The molecule has 8 heteroatoms. The molecule has 1 saturated heterocycles. The lowest BCUT2D eigenvalue weighted by atomic mass is 9.92. The minimum absolute atomic E-state index is 0.165. The van der Waals surface area contributed by atoms with Gasteiger partial charge in [0.15, 0.2) is 0 Å². The van der Waals surface area contributed by atoms with E-state index in [1.54, 1.807) is 6.92 Å². The lowest BCUT2D eigenvalue weighted by molar-refractivity contribution is -0.145. The number of rotatable bonds is 3. The minimum atomic E-state index is -4.46. The van der Waals surface area contributed by atoms with E-state index >= 15 is 0 Å². The molecule has 1 N–H and O–H groups in total. The first kappa shape index (κ1) is 17.6. The van der Waals surface area contributed by atoms with E-state index < -0.39 is 36.7 Å². The summed E-state index contributed by atoms with van der Waals surface area (Å²) in [4.78, 5) is 25.4. The molecule has 0 radical (unpaired) electrons. The van der Waals surface area contributed by atoms with E-state index in [4.69, 9.17) is 5.11 Å². The fourth-order valence-corrected chi connectivity index (χ4v) is 2.51. The topological polar surface area (TPSA) is 60.9 Å². The lowest BCUT2D eigenvalue weighted by Gasteiger charge is -2.40. The zero-order valence-electron chi connectivity index (χ0n) is 12.4. The second-order valence-corrected chi connectivity index (χ2v) is 5.72. The van der Waals surface area contributed by atoms with E-state index in [-0.39, 0.29) is 25.4 Å². The van der Waals surface area contributed by atoms with Crippen LogP contribution in [0.15, 0.2) is 0 Å². The molecule has 0 aromatic carbocycles. The third-order valence-corrected chi connectivity index (χ3v) is 3.69. The van der Waals surface area contributed by atoms with Crippen molar-refractivity contribution in [2.75, 3.05) is 13.1 Å². The largest absolute Gasteiger partial charge is 0.481 e. The number of alkyl halides is 3. The highest BCUT2D eigenvalue weighted by atomic mass is 19.4. The number of nitrogens with zero attached hydrogens (tertiary/aromatic N) is 2. The molecule has 0 aliphatic carbocycles. The summed E-state index contributed by atoms with van der Waals surface area (Å²) in [6.07, 6.45) is -3.93. The number of piperidine rings is 1. The summed E-state index contributed by atoms with van der Waals surface area (Å²) in [6.45, 7) is 3.59. The van der Waals surface area contributed by atoms with E-state index in [0.29, 0.717) is 0 Å². The van der Waals surface area contributed by atoms with E-state index in [1.807, 2.05) is 0 Å². The Morgan fingerprint density at radius 1 is 1.38 bits per heavy atom. The van der Waals surface area contributed by atoms with Crippen molar-refractivity contribution in [2.24, 2.45) is 5.92 Å². The van der Waals surface area contributed by atoms with Gasteiger partial charge in [-0.25, -0.2) is 4.79 Å². The van der Waals surface area contributed by atoms with Gasteiger partial charge in [-0.3, -0.25) is 4.79 Å². The average Bonchev–Trinajstić information content (AvgIpc) is 2.33. The predicted octanol–water partition coefficient (Wildman–Crippen LogP) is 2.56. The van der Waals surface area contributed by atoms with Gasteiger partial charge in [-0.1, -0.05) is 0 Å². The van der Waals surface area contributed by atoms with Crippen LogP contribution in [0.4, 0.5) is 18.0 Å². The van der Waals surface area contributed by atoms with Gasteiger partial charge in [0, 0.05) is 18.6 Å². The maximum absolute atomic E-state index is 12.6. The number of aliphatic carboxylic acids is 1. The number of hydrogen-bond acceptors (Lipinski definition) is 2. The summed E-state index contributed by atoms with van der Waals surface area (Å²) >= 11 is 0. The summed E-state index contributed by atoms with van der Waals surface area (Å²) in [7, 11) is 0. The maximum Gasteiger partial charge on any atom is 0.406 e. The monoisotopic (exact) mass is 310 g/mol. The first-order chi connectivity index (χ1) is 9.53. The van der Waals surface area contributed by atoms with Gasteiger partial charge in [0.1, 0.15) is 6.54 Å². The molecule has 1 aliphatic rings. The number of hydrogen-bond donors (Lipinski definition) is 1. The van der Waals surface area contributed by atoms with Gasteiger partial charge in [-0.2, -0.15) is 13.2 Å². The number of carboxylic acids is 1. The number of urea groups is 1. The zero-order chi connectivity index (χ0) is 16.4. The molecule has 1 fully saturated rings. The smallest absolute Gasteiger partial charge is 0.406 e. The summed E-state index contributed by atoms with van der Waals surface area (Å²) in [5.74, 6) is -1.47. The third-order valence-electron chi connectivity index (χ3n) is 3.69. The van der Waals surface area contributed by atoms with Gasteiger partial charge in [0.05, 0.1) is 5.92 Å². The van der Waals surface area contributed by atoms with E-state index in [2.05, 4.69) is 0 Å². The van der Waals surface area contributed by atoms with E-state index in [0.717, 1.165) is 4.90 Å². The Labute approximate surface area is 121 Å². The van der Waals surface area contributed by atoms with E-state index in [9.17, 15) is 22.8 Å². The molecule has 2 atom stereocenters. The third kappa shape index (κ3) is 4.78. The minimum Gasteiger partial charge on any atom is -0.481 e. The van der Waals surface area contributed by atoms with Crippen LogP contribution in [-0.2, 0) is 4.79 Å². The van der Waals surface area contributed by atoms with Gasteiger partial charge in [-0.15, -0.1) is 0 Å². The van der Waals surface area contributed by atoms with Crippen molar-refractivity contribution in [1.29, 1.82) is 0 Å². The zero-order valence-corrected chi connectivity index (χ0v) is 12.4. The fourth-order valence-electron chi connectivity index (χ4n) is 2.51. The van der Waals surface area contributed by atoms with E-state index in [1.165, 1.54) is 18.7 Å². The second-order valence-electron chi connectivity index (χ2n) is 5.72. The van der Waals surface area contributed by atoms with Gasteiger partial charge >= 0.3 is 18.2 Å². The average molecular weight is 310 g/mol. The van der Waals surface area contributed by atoms with Gasteiger partial charge < -0.3 is 14.9 Å². The molecule has 5 nitrogen and oxygen atoms in total. The molecule has 0 bridgehead atoms. The van der Waals surface area contributed by atoms with Crippen LogP contribution in [0.3, 0.4) is 0 Å². The van der Waals surface area contributed by atoms with Crippen molar-refractivity contribution in [3.05, 3.63) is 0 Å². The molecule has 122 valence electrons. The number of carbonyl (C=O) groups is 2. The first-order valence-electron chi connectivity index (χ1n) is 6.89. The highest BCUT2D eigenvalue weighted by Gasteiger charge is 2.39. The quantitative estimate of drug-likeness (QED) is 0.871. The molecule has 0 aromatic rings. The van der Waals surface area contributed by atoms with Crippen molar-refractivity contribution in [1.82, 2.24) is 9.80 Å². The van der Waals surface area contributed by atoms with Crippen LogP contribution in [-0.4, -0.2) is 58.3 Å². The molecule has 2 unspecified atom stereocenters. The Kier molecular flexibility index (Phi) is 5.47. The Morgan fingerprint density at radius 2 is 1.95 bits per heavy atom. The number of carbonyl (C=O) groups excluding carboxylic acids is 1. The van der Waals surface area contributed by atoms with Gasteiger partial charge in [0.2, 0.25) is 0 Å².